The van der Waals surface area contributed by atoms with E-state index in [1.807, 2.05) is 44.4 Å². The van der Waals surface area contributed by atoms with Gasteiger partial charge in [-0.1, -0.05) is 6.07 Å². The van der Waals surface area contributed by atoms with E-state index in [0.717, 1.165) is 22.3 Å². The second-order valence-corrected chi connectivity index (χ2v) is 3.89. The van der Waals surface area contributed by atoms with Crippen molar-refractivity contribution in [2.24, 2.45) is 0 Å². The Bertz CT molecular complexity index is 565. The lowest BCUT2D eigenvalue weighted by Crippen LogP contribution is -1.87. The molecule has 0 unspecified atom stereocenters. The summed E-state index contributed by atoms with van der Waals surface area (Å²) in [7, 11) is 0. The van der Waals surface area contributed by atoms with Gasteiger partial charge in [-0.05, 0) is 48.7 Å². The second kappa shape index (κ2) is 4.16. The summed E-state index contributed by atoms with van der Waals surface area (Å²) in [5, 5.41) is 8.89. The predicted molar refractivity (Wildman–Crippen MR) is 63.9 cm³/mol. The zero-order chi connectivity index (χ0) is 11.5. The molecule has 0 aliphatic carbocycles. The first-order valence-electron chi connectivity index (χ1n) is 5.13. The first-order valence-corrected chi connectivity index (χ1v) is 5.13. The average Bonchev–Trinajstić information content (AvgIpc) is 2.30. The van der Waals surface area contributed by atoms with Crippen molar-refractivity contribution in [3.63, 3.8) is 0 Å². The standard InChI is InChI=1S/C14H12N2/c1-10-5-13(9-16-8-10)14-6-12(7-15)4-3-11(14)2/h3-6,8-9H,1-2H3. The molecule has 0 saturated carbocycles. The van der Waals surface area contributed by atoms with Crippen molar-refractivity contribution in [1.29, 1.82) is 5.26 Å². The van der Waals surface area contributed by atoms with Crippen LogP contribution < -0.4 is 0 Å². The highest BCUT2D eigenvalue weighted by molar-refractivity contribution is 5.68. The minimum absolute atomic E-state index is 0.683. The number of hydrogen-bond acceptors (Lipinski definition) is 2. The van der Waals surface area contributed by atoms with Gasteiger partial charge in [0.25, 0.3) is 0 Å². The Morgan fingerprint density at radius 2 is 1.94 bits per heavy atom. The van der Waals surface area contributed by atoms with Crippen molar-refractivity contribution in [3.05, 3.63) is 53.3 Å². The number of rotatable bonds is 1. The van der Waals surface area contributed by atoms with Gasteiger partial charge in [0.1, 0.15) is 0 Å². The number of benzene rings is 1. The highest BCUT2D eigenvalue weighted by atomic mass is 14.6. The minimum atomic E-state index is 0.683. The normalized spacial score (nSPS) is 9.81. The molecule has 2 aromatic rings. The van der Waals surface area contributed by atoms with Crippen molar-refractivity contribution in [3.8, 4) is 17.2 Å². The lowest BCUT2D eigenvalue weighted by molar-refractivity contribution is 1.26. The summed E-state index contributed by atoms with van der Waals surface area (Å²) in [5.74, 6) is 0. The van der Waals surface area contributed by atoms with Gasteiger partial charge in [-0.15, -0.1) is 0 Å². The SMILES string of the molecule is Cc1cncc(-c2cc(C#N)ccc2C)c1. The Balaban J connectivity index is 2.60. The Hall–Kier alpha value is -2.14. The summed E-state index contributed by atoms with van der Waals surface area (Å²) in [5.41, 5.74) is 5.11. The number of aryl methyl sites for hydroxylation is 2. The fourth-order valence-corrected chi connectivity index (χ4v) is 1.70. The quantitative estimate of drug-likeness (QED) is 0.721. The van der Waals surface area contributed by atoms with Gasteiger partial charge in [0.05, 0.1) is 11.6 Å². The van der Waals surface area contributed by atoms with Gasteiger partial charge in [-0.25, -0.2) is 0 Å². The van der Waals surface area contributed by atoms with E-state index in [9.17, 15) is 0 Å². The third-order valence-electron chi connectivity index (χ3n) is 2.55. The molecule has 1 heterocycles. The summed E-state index contributed by atoms with van der Waals surface area (Å²) in [6.45, 7) is 4.05. The van der Waals surface area contributed by atoms with E-state index >= 15 is 0 Å². The van der Waals surface area contributed by atoms with E-state index in [1.165, 1.54) is 0 Å². The molecule has 0 aliphatic heterocycles. The highest BCUT2D eigenvalue weighted by Gasteiger charge is 2.03. The van der Waals surface area contributed by atoms with Crippen LogP contribution in [0.1, 0.15) is 16.7 Å². The third-order valence-corrected chi connectivity index (χ3v) is 2.55. The Kier molecular flexibility index (Phi) is 2.70. The molecule has 0 bridgehead atoms. The molecule has 1 aromatic carbocycles. The summed E-state index contributed by atoms with van der Waals surface area (Å²) < 4.78 is 0. The molecule has 2 heteroatoms. The van der Waals surface area contributed by atoms with Crippen LogP contribution in [-0.2, 0) is 0 Å². The lowest BCUT2D eigenvalue weighted by Gasteiger charge is -2.06. The van der Waals surface area contributed by atoms with Crippen molar-refractivity contribution in [2.45, 2.75) is 13.8 Å². The average molecular weight is 208 g/mol. The van der Waals surface area contributed by atoms with Crippen LogP contribution >= 0.6 is 0 Å². The summed E-state index contributed by atoms with van der Waals surface area (Å²) >= 11 is 0. The summed E-state index contributed by atoms with van der Waals surface area (Å²) in [6.07, 6.45) is 3.66. The molecule has 0 saturated heterocycles. The number of nitrogens with zero attached hydrogens (tertiary/aromatic N) is 2. The number of hydrogen-bond donors (Lipinski definition) is 0. The summed E-state index contributed by atoms with van der Waals surface area (Å²) in [4.78, 5) is 4.17. The van der Waals surface area contributed by atoms with Crippen LogP contribution in [0.3, 0.4) is 0 Å². The molecule has 0 radical (unpaired) electrons. The van der Waals surface area contributed by atoms with E-state index in [2.05, 4.69) is 17.1 Å². The maximum Gasteiger partial charge on any atom is 0.0991 e. The van der Waals surface area contributed by atoms with Gasteiger partial charge in [0, 0.05) is 18.0 Å². The largest absolute Gasteiger partial charge is 0.264 e. The molecule has 0 spiro atoms. The molecular weight excluding hydrogens is 196 g/mol. The first kappa shape index (κ1) is 10.4. The smallest absolute Gasteiger partial charge is 0.0991 e. The van der Waals surface area contributed by atoms with E-state index in [-0.39, 0.29) is 0 Å². The van der Waals surface area contributed by atoms with E-state index in [4.69, 9.17) is 5.26 Å². The van der Waals surface area contributed by atoms with E-state index < -0.39 is 0 Å². The van der Waals surface area contributed by atoms with Gasteiger partial charge in [-0.3, -0.25) is 4.98 Å². The molecule has 0 atom stereocenters. The minimum Gasteiger partial charge on any atom is -0.264 e. The zero-order valence-corrected chi connectivity index (χ0v) is 9.36. The highest BCUT2D eigenvalue weighted by Crippen LogP contribution is 2.24. The third kappa shape index (κ3) is 1.94. The number of pyridine rings is 1. The molecule has 0 aliphatic rings. The molecule has 2 rings (SSSR count). The molecule has 0 fully saturated rings. The second-order valence-electron chi connectivity index (χ2n) is 3.89. The maximum atomic E-state index is 8.89. The van der Waals surface area contributed by atoms with Gasteiger partial charge < -0.3 is 0 Å². The predicted octanol–water partition coefficient (Wildman–Crippen LogP) is 3.24. The molecule has 78 valence electrons. The Morgan fingerprint density at radius 3 is 2.62 bits per heavy atom. The van der Waals surface area contributed by atoms with Gasteiger partial charge in [0.2, 0.25) is 0 Å². The van der Waals surface area contributed by atoms with Crippen LogP contribution in [0.15, 0.2) is 36.7 Å². The van der Waals surface area contributed by atoms with Crippen LogP contribution in [0.25, 0.3) is 11.1 Å². The van der Waals surface area contributed by atoms with Crippen molar-refractivity contribution < 1.29 is 0 Å². The molecule has 0 amide bonds. The molecule has 2 nitrogen and oxygen atoms in total. The Labute approximate surface area is 95.2 Å². The Morgan fingerprint density at radius 1 is 1.12 bits per heavy atom. The van der Waals surface area contributed by atoms with Crippen LogP contribution in [0.4, 0.5) is 0 Å². The molecular formula is C14H12N2. The number of nitriles is 1. The monoisotopic (exact) mass is 208 g/mol. The topological polar surface area (TPSA) is 36.7 Å². The van der Waals surface area contributed by atoms with Crippen LogP contribution in [-0.4, -0.2) is 4.98 Å². The van der Waals surface area contributed by atoms with Crippen molar-refractivity contribution in [2.75, 3.05) is 0 Å². The van der Waals surface area contributed by atoms with Gasteiger partial charge >= 0.3 is 0 Å². The van der Waals surface area contributed by atoms with Crippen LogP contribution in [0, 0.1) is 25.2 Å². The first-order chi connectivity index (χ1) is 7.70. The van der Waals surface area contributed by atoms with Crippen LogP contribution in [0.2, 0.25) is 0 Å². The van der Waals surface area contributed by atoms with Crippen LogP contribution in [0.5, 0.6) is 0 Å². The molecule has 1 aromatic heterocycles. The maximum absolute atomic E-state index is 8.89. The summed E-state index contributed by atoms with van der Waals surface area (Å²) in [6, 6.07) is 9.95. The van der Waals surface area contributed by atoms with Gasteiger partial charge in [-0.2, -0.15) is 5.26 Å². The van der Waals surface area contributed by atoms with E-state index in [1.54, 1.807) is 0 Å². The number of aromatic nitrogens is 1. The fraction of sp³-hybridized carbons (Fsp3) is 0.143. The van der Waals surface area contributed by atoms with Gasteiger partial charge in [0.15, 0.2) is 0 Å². The van der Waals surface area contributed by atoms with Crippen molar-refractivity contribution >= 4 is 0 Å². The van der Waals surface area contributed by atoms with Crippen molar-refractivity contribution in [1.82, 2.24) is 4.98 Å². The molecule has 16 heavy (non-hydrogen) atoms. The zero-order valence-electron chi connectivity index (χ0n) is 9.36. The lowest BCUT2D eigenvalue weighted by atomic mass is 9.99. The molecule has 0 N–H and O–H groups in total. The fourth-order valence-electron chi connectivity index (χ4n) is 1.70. The van der Waals surface area contributed by atoms with E-state index in [0.29, 0.717) is 5.56 Å².